The Kier molecular flexibility index (Phi) is 4.27. The number of halogens is 1. The summed E-state index contributed by atoms with van der Waals surface area (Å²) >= 11 is 7.37. The van der Waals surface area contributed by atoms with Crippen LogP contribution in [0.4, 0.5) is 0 Å². The van der Waals surface area contributed by atoms with Gasteiger partial charge >= 0.3 is 0 Å². The normalized spacial score (nSPS) is 12.4. The second kappa shape index (κ2) is 5.75. The molecule has 1 atom stereocenters. The van der Waals surface area contributed by atoms with Gasteiger partial charge < -0.3 is 5.32 Å². The molecule has 0 bridgehead atoms. The molecular weight excluding hydrogens is 282 g/mol. The van der Waals surface area contributed by atoms with E-state index in [4.69, 9.17) is 11.6 Å². The second-order valence-corrected chi connectivity index (χ2v) is 6.26. The molecule has 1 N–H and O–H groups in total. The fraction of sp³-hybridized carbons (Fsp3) is 0.385. The molecule has 0 aliphatic rings. The number of carbonyl (C=O) groups excluding carboxylic acids is 1. The molecule has 19 heavy (non-hydrogen) atoms. The number of hydrogen-bond donors (Lipinski definition) is 1. The average Bonchev–Trinajstić information content (AvgIpc) is 2.86. The molecule has 4 nitrogen and oxygen atoms in total. The Balaban J connectivity index is 1.96. The van der Waals surface area contributed by atoms with Crippen molar-refractivity contribution < 1.29 is 4.79 Å². The van der Waals surface area contributed by atoms with Crippen molar-refractivity contribution in [2.24, 2.45) is 0 Å². The molecule has 0 spiro atoms. The molecule has 2 aromatic heterocycles. The standard InChI is InChI=1S/C13H16ClN3OS/c1-8-6-9(2)17(16-8)7-13(18)15-10(3)11-4-5-12(14)19-11/h4-6,10H,7H2,1-3H3,(H,15,18)/t10-/m1/s1. The third-order valence-electron chi connectivity index (χ3n) is 2.79. The Labute approximate surface area is 121 Å². The zero-order chi connectivity index (χ0) is 14.0. The van der Waals surface area contributed by atoms with Gasteiger partial charge in [0.1, 0.15) is 6.54 Å². The summed E-state index contributed by atoms with van der Waals surface area (Å²) in [6, 6.07) is 5.68. The zero-order valence-electron chi connectivity index (χ0n) is 11.1. The van der Waals surface area contributed by atoms with Crippen LogP contribution in [0.2, 0.25) is 4.34 Å². The molecule has 0 radical (unpaired) electrons. The van der Waals surface area contributed by atoms with Crippen molar-refractivity contribution in [1.82, 2.24) is 15.1 Å². The molecule has 0 saturated heterocycles. The number of aromatic nitrogens is 2. The second-order valence-electron chi connectivity index (χ2n) is 4.52. The van der Waals surface area contributed by atoms with Crippen molar-refractivity contribution in [2.75, 3.05) is 0 Å². The van der Waals surface area contributed by atoms with Crippen LogP contribution < -0.4 is 5.32 Å². The summed E-state index contributed by atoms with van der Waals surface area (Å²) in [5.74, 6) is -0.0526. The van der Waals surface area contributed by atoms with E-state index >= 15 is 0 Å². The number of nitrogens with zero attached hydrogens (tertiary/aromatic N) is 2. The maximum atomic E-state index is 12.0. The fourth-order valence-electron chi connectivity index (χ4n) is 1.89. The van der Waals surface area contributed by atoms with Crippen molar-refractivity contribution in [1.29, 1.82) is 0 Å². The van der Waals surface area contributed by atoms with E-state index in [1.54, 1.807) is 4.68 Å². The quantitative estimate of drug-likeness (QED) is 0.942. The largest absolute Gasteiger partial charge is 0.347 e. The topological polar surface area (TPSA) is 46.9 Å². The van der Waals surface area contributed by atoms with Crippen molar-refractivity contribution in [3.05, 3.63) is 38.8 Å². The molecule has 2 aromatic rings. The number of hydrogen-bond acceptors (Lipinski definition) is 3. The lowest BCUT2D eigenvalue weighted by Crippen LogP contribution is -2.30. The minimum Gasteiger partial charge on any atom is -0.347 e. The van der Waals surface area contributed by atoms with Crippen LogP contribution in [0, 0.1) is 13.8 Å². The Morgan fingerprint density at radius 3 is 2.79 bits per heavy atom. The van der Waals surface area contributed by atoms with Gasteiger partial charge in [-0.05, 0) is 39.0 Å². The van der Waals surface area contributed by atoms with E-state index in [1.165, 1.54) is 11.3 Å². The SMILES string of the molecule is Cc1cc(C)n(CC(=O)N[C@H](C)c2ccc(Cl)s2)n1. The first-order chi connectivity index (χ1) is 8.95. The van der Waals surface area contributed by atoms with Gasteiger partial charge in [-0.1, -0.05) is 11.6 Å². The Morgan fingerprint density at radius 2 is 2.26 bits per heavy atom. The summed E-state index contributed by atoms with van der Waals surface area (Å²) in [6.07, 6.45) is 0. The highest BCUT2D eigenvalue weighted by Crippen LogP contribution is 2.26. The van der Waals surface area contributed by atoms with Crippen LogP contribution in [0.25, 0.3) is 0 Å². The van der Waals surface area contributed by atoms with Gasteiger partial charge in [0.15, 0.2) is 0 Å². The van der Waals surface area contributed by atoms with Crippen LogP contribution in [0.15, 0.2) is 18.2 Å². The van der Waals surface area contributed by atoms with E-state index in [0.717, 1.165) is 20.6 Å². The van der Waals surface area contributed by atoms with Gasteiger partial charge in [0.25, 0.3) is 0 Å². The predicted octanol–water partition coefficient (Wildman–Crippen LogP) is 3.09. The number of nitrogens with one attached hydrogen (secondary N) is 1. The van der Waals surface area contributed by atoms with Crippen LogP contribution in [0.1, 0.15) is 29.2 Å². The van der Waals surface area contributed by atoms with Crippen LogP contribution in [0.3, 0.4) is 0 Å². The third-order valence-corrected chi connectivity index (χ3v) is 4.21. The molecule has 0 aliphatic carbocycles. The van der Waals surface area contributed by atoms with Gasteiger partial charge in [-0.3, -0.25) is 9.48 Å². The van der Waals surface area contributed by atoms with E-state index in [9.17, 15) is 4.79 Å². The highest BCUT2D eigenvalue weighted by atomic mass is 35.5. The summed E-state index contributed by atoms with van der Waals surface area (Å²) in [5, 5.41) is 7.22. The molecule has 0 aromatic carbocycles. The molecule has 0 fully saturated rings. The van der Waals surface area contributed by atoms with Gasteiger partial charge in [0, 0.05) is 10.6 Å². The van der Waals surface area contributed by atoms with E-state index < -0.39 is 0 Å². The molecule has 6 heteroatoms. The zero-order valence-corrected chi connectivity index (χ0v) is 12.7. The molecule has 0 unspecified atom stereocenters. The first-order valence-electron chi connectivity index (χ1n) is 6.01. The van der Waals surface area contributed by atoms with E-state index in [0.29, 0.717) is 0 Å². The van der Waals surface area contributed by atoms with Gasteiger partial charge in [0.2, 0.25) is 5.91 Å². The van der Waals surface area contributed by atoms with E-state index in [-0.39, 0.29) is 18.5 Å². The van der Waals surface area contributed by atoms with E-state index in [2.05, 4.69) is 10.4 Å². The molecule has 0 saturated carbocycles. The van der Waals surface area contributed by atoms with Gasteiger partial charge in [-0.15, -0.1) is 11.3 Å². The van der Waals surface area contributed by atoms with Crippen LogP contribution in [-0.4, -0.2) is 15.7 Å². The summed E-state index contributed by atoms with van der Waals surface area (Å²) in [6.45, 7) is 6.04. The van der Waals surface area contributed by atoms with Gasteiger partial charge in [-0.2, -0.15) is 5.10 Å². The predicted molar refractivity (Wildman–Crippen MR) is 77.6 cm³/mol. The van der Waals surface area contributed by atoms with E-state index in [1.807, 2.05) is 39.0 Å². The third kappa shape index (κ3) is 3.58. The van der Waals surface area contributed by atoms with Crippen molar-refractivity contribution in [3.8, 4) is 0 Å². The number of thiophene rings is 1. The Hall–Kier alpha value is -1.33. The summed E-state index contributed by atoms with van der Waals surface area (Å²) in [5.41, 5.74) is 1.91. The maximum absolute atomic E-state index is 12.0. The lowest BCUT2D eigenvalue weighted by Gasteiger charge is -2.12. The van der Waals surface area contributed by atoms with Crippen LogP contribution >= 0.6 is 22.9 Å². The highest BCUT2D eigenvalue weighted by molar-refractivity contribution is 7.16. The van der Waals surface area contributed by atoms with Crippen molar-refractivity contribution in [3.63, 3.8) is 0 Å². The summed E-state index contributed by atoms with van der Waals surface area (Å²) < 4.78 is 2.44. The van der Waals surface area contributed by atoms with Crippen molar-refractivity contribution in [2.45, 2.75) is 33.4 Å². The molecule has 0 aliphatic heterocycles. The molecule has 2 heterocycles. The lowest BCUT2D eigenvalue weighted by atomic mass is 10.3. The monoisotopic (exact) mass is 297 g/mol. The summed E-state index contributed by atoms with van der Waals surface area (Å²) in [4.78, 5) is 13.0. The fourth-order valence-corrected chi connectivity index (χ4v) is 2.95. The Morgan fingerprint density at radius 1 is 1.53 bits per heavy atom. The number of aryl methyl sites for hydroxylation is 2. The maximum Gasteiger partial charge on any atom is 0.242 e. The van der Waals surface area contributed by atoms with Crippen LogP contribution in [-0.2, 0) is 11.3 Å². The van der Waals surface area contributed by atoms with Crippen LogP contribution in [0.5, 0.6) is 0 Å². The number of carbonyl (C=O) groups is 1. The summed E-state index contributed by atoms with van der Waals surface area (Å²) in [7, 11) is 0. The van der Waals surface area contributed by atoms with Gasteiger partial charge in [0.05, 0.1) is 16.1 Å². The lowest BCUT2D eigenvalue weighted by molar-refractivity contribution is -0.122. The average molecular weight is 298 g/mol. The molecular formula is C13H16ClN3OS. The van der Waals surface area contributed by atoms with Crippen molar-refractivity contribution >= 4 is 28.8 Å². The number of rotatable bonds is 4. The highest BCUT2D eigenvalue weighted by Gasteiger charge is 2.13. The first kappa shape index (κ1) is 14.1. The first-order valence-corrected chi connectivity index (χ1v) is 7.21. The minimum atomic E-state index is -0.0526. The molecule has 1 amide bonds. The molecule has 2 rings (SSSR count). The Bertz CT molecular complexity index is 590. The smallest absolute Gasteiger partial charge is 0.242 e. The molecule has 102 valence electrons. The minimum absolute atomic E-state index is 0.0398. The van der Waals surface area contributed by atoms with Gasteiger partial charge in [-0.25, -0.2) is 0 Å². The number of amides is 1.